The number of alkyl carbamates (subject to hydrolysis) is 1. The average Bonchev–Trinajstić information content (AvgIpc) is 3.17. The second-order valence-corrected chi connectivity index (χ2v) is 7.51. The molecule has 2 aromatic carbocycles. The van der Waals surface area contributed by atoms with Gasteiger partial charge in [-0.15, -0.1) is 10.2 Å². The Labute approximate surface area is 170 Å². The number of carbonyl (C=O) groups excluding carboxylic acids is 1. The second kappa shape index (κ2) is 9.34. The third-order valence-corrected chi connectivity index (χ3v) is 3.85. The molecule has 29 heavy (non-hydrogen) atoms. The molecule has 0 aliphatic heterocycles. The molecular weight excluding hydrogens is 370 g/mol. The van der Waals surface area contributed by atoms with Gasteiger partial charge >= 0.3 is 6.09 Å². The van der Waals surface area contributed by atoms with Gasteiger partial charge in [-0.05, 0) is 38.5 Å². The topological polar surface area (TPSA) is 86.5 Å². The highest BCUT2D eigenvalue weighted by atomic mass is 16.6. The molecule has 1 amide bonds. The van der Waals surface area contributed by atoms with E-state index in [2.05, 4.69) is 15.5 Å². The third-order valence-electron chi connectivity index (χ3n) is 3.85. The Balaban J connectivity index is 1.71. The van der Waals surface area contributed by atoms with Crippen LogP contribution in [0.1, 0.15) is 38.3 Å². The first kappa shape index (κ1) is 20.5. The summed E-state index contributed by atoms with van der Waals surface area (Å²) in [6.45, 7) is 5.95. The summed E-state index contributed by atoms with van der Waals surface area (Å²) >= 11 is 0. The van der Waals surface area contributed by atoms with Crippen LogP contribution in [0, 0.1) is 0 Å². The van der Waals surface area contributed by atoms with Crippen molar-refractivity contribution in [2.24, 2.45) is 0 Å². The fourth-order valence-corrected chi connectivity index (χ4v) is 2.57. The largest absolute Gasteiger partial charge is 0.444 e. The lowest BCUT2D eigenvalue weighted by molar-refractivity contribution is 0.0405. The molecule has 0 bridgehead atoms. The summed E-state index contributed by atoms with van der Waals surface area (Å²) in [5, 5.41) is 11.0. The maximum Gasteiger partial charge on any atom is 0.408 e. The number of nitrogens with one attached hydrogen (secondary N) is 1. The molecule has 0 aliphatic rings. The van der Waals surface area contributed by atoms with Crippen LogP contribution in [0.15, 0.2) is 65.1 Å². The van der Waals surface area contributed by atoms with E-state index < -0.39 is 17.7 Å². The number of nitrogens with zero attached hydrogens (tertiary/aromatic N) is 2. The molecule has 0 saturated carbocycles. The maximum atomic E-state index is 12.3. The molecule has 3 aromatic rings. The number of hydrogen-bond acceptors (Lipinski definition) is 6. The molecule has 1 N–H and O–H groups in total. The van der Waals surface area contributed by atoms with Crippen LogP contribution in [-0.2, 0) is 16.1 Å². The van der Waals surface area contributed by atoms with Crippen molar-refractivity contribution in [2.75, 3.05) is 6.61 Å². The van der Waals surface area contributed by atoms with Crippen molar-refractivity contribution >= 4 is 6.09 Å². The molecule has 7 heteroatoms. The van der Waals surface area contributed by atoms with Crippen molar-refractivity contribution in [3.05, 3.63) is 72.1 Å². The summed E-state index contributed by atoms with van der Waals surface area (Å²) in [6.07, 6.45) is -0.578. The van der Waals surface area contributed by atoms with Gasteiger partial charge in [0, 0.05) is 5.56 Å². The van der Waals surface area contributed by atoms with E-state index in [9.17, 15) is 4.79 Å². The minimum absolute atomic E-state index is 0.157. The van der Waals surface area contributed by atoms with Crippen LogP contribution in [0.5, 0.6) is 0 Å². The van der Waals surface area contributed by atoms with E-state index in [0.29, 0.717) is 12.5 Å². The van der Waals surface area contributed by atoms with Crippen molar-refractivity contribution in [2.45, 2.75) is 39.0 Å². The lowest BCUT2D eigenvalue weighted by Crippen LogP contribution is -2.36. The zero-order valence-electron chi connectivity index (χ0n) is 16.8. The Hall–Kier alpha value is -3.19. The quantitative estimate of drug-likeness (QED) is 0.633. The maximum absolute atomic E-state index is 12.3. The molecule has 1 atom stereocenters. The van der Waals surface area contributed by atoms with Gasteiger partial charge in [-0.25, -0.2) is 4.79 Å². The fraction of sp³-hybridized carbons (Fsp3) is 0.318. The highest BCUT2D eigenvalue weighted by Gasteiger charge is 2.25. The first-order valence-electron chi connectivity index (χ1n) is 9.41. The van der Waals surface area contributed by atoms with Crippen molar-refractivity contribution in [3.63, 3.8) is 0 Å². The third kappa shape index (κ3) is 6.43. The van der Waals surface area contributed by atoms with Gasteiger partial charge in [0.2, 0.25) is 11.8 Å². The molecule has 0 aliphatic carbocycles. The number of carbonyl (C=O) groups is 1. The van der Waals surface area contributed by atoms with Crippen LogP contribution in [0.3, 0.4) is 0 Å². The number of rotatable bonds is 7. The van der Waals surface area contributed by atoms with Crippen molar-refractivity contribution < 1.29 is 18.7 Å². The normalized spacial score (nSPS) is 12.4. The van der Waals surface area contributed by atoms with Gasteiger partial charge in [0.05, 0.1) is 13.2 Å². The monoisotopic (exact) mass is 395 g/mol. The van der Waals surface area contributed by atoms with Gasteiger partial charge in [0.25, 0.3) is 0 Å². The highest BCUT2D eigenvalue weighted by molar-refractivity contribution is 5.68. The molecule has 152 valence electrons. The van der Waals surface area contributed by atoms with Gasteiger partial charge in [0.15, 0.2) is 0 Å². The van der Waals surface area contributed by atoms with Crippen LogP contribution in [0.25, 0.3) is 11.5 Å². The SMILES string of the molecule is CC(C)(C)OC(=O)N[C@H](COCc1ccccc1)c1nnc(-c2ccccc2)o1. The zero-order chi connectivity index (χ0) is 20.7. The van der Waals surface area contributed by atoms with Gasteiger partial charge in [-0.1, -0.05) is 48.5 Å². The Morgan fingerprint density at radius 2 is 1.69 bits per heavy atom. The predicted molar refractivity (Wildman–Crippen MR) is 108 cm³/mol. The van der Waals surface area contributed by atoms with Crippen molar-refractivity contribution in [3.8, 4) is 11.5 Å². The van der Waals surface area contributed by atoms with E-state index in [1.807, 2.05) is 60.7 Å². The molecule has 1 heterocycles. The fourth-order valence-electron chi connectivity index (χ4n) is 2.57. The summed E-state index contributed by atoms with van der Waals surface area (Å²) in [7, 11) is 0. The predicted octanol–water partition coefficient (Wildman–Crippen LogP) is 4.52. The first-order valence-corrected chi connectivity index (χ1v) is 9.41. The summed E-state index contributed by atoms with van der Waals surface area (Å²) in [5.41, 5.74) is 1.20. The Bertz CT molecular complexity index is 905. The minimum atomic E-state index is -0.640. The number of benzene rings is 2. The molecule has 0 spiro atoms. The molecule has 0 saturated heterocycles. The van der Waals surface area contributed by atoms with Crippen molar-refractivity contribution in [1.29, 1.82) is 0 Å². The van der Waals surface area contributed by atoms with Crippen LogP contribution in [0.2, 0.25) is 0 Å². The average molecular weight is 395 g/mol. The molecule has 0 fully saturated rings. The van der Waals surface area contributed by atoms with E-state index in [1.165, 1.54) is 0 Å². The number of hydrogen-bond donors (Lipinski definition) is 1. The van der Waals surface area contributed by atoms with Gasteiger partial charge < -0.3 is 19.2 Å². The van der Waals surface area contributed by atoms with Crippen LogP contribution >= 0.6 is 0 Å². The Kier molecular flexibility index (Phi) is 6.61. The summed E-state index contributed by atoms with van der Waals surface area (Å²) < 4.78 is 16.9. The summed E-state index contributed by atoms with van der Waals surface area (Å²) in [5.74, 6) is 0.627. The molecule has 1 aromatic heterocycles. The zero-order valence-corrected chi connectivity index (χ0v) is 16.8. The smallest absolute Gasteiger partial charge is 0.408 e. The first-order chi connectivity index (χ1) is 13.9. The molecule has 0 radical (unpaired) electrons. The molecule has 0 unspecified atom stereocenters. The molecular formula is C22H25N3O4. The number of amides is 1. The molecule has 7 nitrogen and oxygen atoms in total. The van der Waals surface area contributed by atoms with E-state index in [4.69, 9.17) is 13.9 Å². The van der Waals surface area contributed by atoms with Crippen LogP contribution in [0.4, 0.5) is 4.79 Å². The van der Waals surface area contributed by atoms with E-state index in [1.54, 1.807) is 20.8 Å². The summed E-state index contributed by atoms with van der Waals surface area (Å²) in [4.78, 5) is 12.3. The van der Waals surface area contributed by atoms with E-state index >= 15 is 0 Å². The second-order valence-electron chi connectivity index (χ2n) is 7.51. The molecule has 3 rings (SSSR count). The number of ether oxygens (including phenoxy) is 2. The lowest BCUT2D eigenvalue weighted by atomic mass is 10.2. The van der Waals surface area contributed by atoms with E-state index in [-0.39, 0.29) is 12.5 Å². The van der Waals surface area contributed by atoms with Gasteiger partial charge in [-0.2, -0.15) is 0 Å². The lowest BCUT2D eigenvalue weighted by Gasteiger charge is -2.22. The summed E-state index contributed by atoms with van der Waals surface area (Å²) in [6, 6.07) is 18.6. The Morgan fingerprint density at radius 1 is 1.03 bits per heavy atom. The van der Waals surface area contributed by atoms with E-state index in [0.717, 1.165) is 11.1 Å². The standard InChI is InChI=1S/C22H25N3O4/c1-22(2,3)29-21(26)23-18(15-27-14-16-10-6-4-7-11-16)20-25-24-19(28-20)17-12-8-5-9-13-17/h4-13,18H,14-15H2,1-3H3,(H,23,26)/t18-/m1/s1. The van der Waals surface area contributed by atoms with Crippen LogP contribution < -0.4 is 5.32 Å². The number of aromatic nitrogens is 2. The minimum Gasteiger partial charge on any atom is -0.444 e. The highest BCUT2D eigenvalue weighted by Crippen LogP contribution is 2.21. The van der Waals surface area contributed by atoms with Gasteiger partial charge in [0.1, 0.15) is 11.6 Å². The van der Waals surface area contributed by atoms with Crippen molar-refractivity contribution in [1.82, 2.24) is 15.5 Å². The van der Waals surface area contributed by atoms with Gasteiger partial charge in [-0.3, -0.25) is 0 Å². The van der Waals surface area contributed by atoms with Crippen LogP contribution in [-0.4, -0.2) is 28.5 Å². The Morgan fingerprint density at radius 3 is 2.34 bits per heavy atom.